The highest BCUT2D eigenvalue weighted by Crippen LogP contribution is 2.20. The van der Waals surface area contributed by atoms with Gasteiger partial charge in [0.2, 0.25) is 5.91 Å². The molecule has 1 aromatic rings. The Bertz CT molecular complexity index is 403. The summed E-state index contributed by atoms with van der Waals surface area (Å²) in [4.78, 5) is 11.7. The Balaban J connectivity index is 1.96. The second-order valence-electron chi connectivity index (χ2n) is 4.73. The highest BCUT2D eigenvalue weighted by Gasteiger charge is 2.21. The van der Waals surface area contributed by atoms with Crippen LogP contribution in [0.4, 0.5) is 0 Å². The minimum Gasteiger partial charge on any atom is -0.352 e. The van der Waals surface area contributed by atoms with E-state index >= 15 is 0 Å². The first-order valence-electron chi connectivity index (χ1n) is 6.33. The summed E-state index contributed by atoms with van der Waals surface area (Å²) in [6.45, 7) is 1.93. The molecule has 3 nitrogen and oxygen atoms in total. The zero-order valence-electron chi connectivity index (χ0n) is 10.3. The van der Waals surface area contributed by atoms with Crippen molar-refractivity contribution in [2.45, 2.75) is 44.7 Å². The first kappa shape index (κ1) is 12.1. The van der Waals surface area contributed by atoms with Crippen molar-refractivity contribution in [2.24, 2.45) is 5.73 Å². The second kappa shape index (κ2) is 5.32. The number of nitrogens with one attached hydrogen (secondary N) is 1. The molecule has 1 amide bonds. The van der Waals surface area contributed by atoms with Crippen molar-refractivity contribution in [2.75, 3.05) is 0 Å². The van der Waals surface area contributed by atoms with Crippen LogP contribution in [0.15, 0.2) is 24.3 Å². The lowest BCUT2D eigenvalue weighted by Crippen LogP contribution is -2.46. The lowest BCUT2D eigenvalue weighted by atomic mass is 9.88. The molecule has 0 bridgehead atoms. The summed E-state index contributed by atoms with van der Waals surface area (Å²) in [7, 11) is 0. The van der Waals surface area contributed by atoms with Crippen LogP contribution in [-0.4, -0.2) is 18.0 Å². The SMILES string of the molecule is CC[C@H](N)C(=O)NC1CCc2ccccc2C1. The molecule has 3 heteroatoms. The Kier molecular flexibility index (Phi) is 3.79. The quantitative estimate of drug-likeness (QED) is 0.827. The zero-order chi connectivity index (χ0) is 12.3. The molecular weight excluding hydrogens is 212 g/mol. The molecule has 1 aliphatic carbocycles. The maximum atomic E-state index is 11.7. The van der Waals surface area contributed by atoms with Crippen LogP contribution in [0.1, 0.15) is 30.9 Å². The van der Waals surface area contributed by atoms with E-state index in [1.54, 1.807) is 0 Å². The van der Waals surface area contributed by atoms with Gasteiger partial charge in [0.15, 0.2) is 0 Å². The van der Waals surface area contributed by atoms with Crippen LogP contribution in [0.5, 0.6) is 0 Å². The molecule has 1 unspecified atom stereocenters. The first-order valence-corrected chi connectivity index (χ1v) is 6.33. The Labute approximate surface area is 102 Å². The molecule has 0 radical (unpaired) electrons. The number of hydrogen-bond donors (Lipinski definition) is 2. The molecule has 1 aliphatic rings. The lowest BCUT2D eigenvalue weighted by Gasteiger charge is -2.26. The van der Waals surface area contributed by atoms with Gasteiger partial charge >= 0.3 is 0 Å². The van der Waals surface area contributed by atoms with Gasteiger partial charge in [0.05, 0.1) is 6.04 Å². The molecular formula is C14H20N2O. The van der Waals surface area contributed by atoms with Crippen molar-refractivity contribution in [3.8, 4) is 0 Å². The normalized spacial score (nSPS) is 20.5. The van der Waals surface area contributed by atoms with E-state index in [0.717, 1.165) is 19.3 Å². The topological polar surface area (TPSA) is 55.1 Å². The molecule has 0 saturated carbocycles. The molecule has 0 heterocycles. The second-order valence-corrected chi connectivity index (χ2v) is 4.73. The van der Waals surface area contributed by atoms with Crippen LogP contribution in [0.25, 0.3) is 0 Å². The van der Waals surface area contributed by atoms with Crippen LogP contribution in [0.2, 0.25) is 0 Å². The Morgan fingerprint density at radius 2 is 2.18 bits per heavy atom. The highest BCUT2D eigenvalue weighted by atomic mass is 16.2. The summed E-state index contributed by atoms with van der Waals surface area (Å²) >= 11 is 0. The van der Waals surface area contributed by atoms with E-state index < -0.39 is 0 Å². The number of hydrogen-bond acceptors (Lipinski definition) is 2. The maximum Gasteiger partial charge on any atom is 0.237 e. The summed E-state index contributed by atoms with van der Waals surface area (Å²) in [5, 5.41) is 3.05. The fourth-order valence-corrected chi connectivity index (χ4v) is 2.31. The lowest BCUT2D eigenvalue weighted by molar-refractivity contribution is -0.123. The van der Waals surface area contributed by atoms with Gasteiger partial charge in [-0.1, -0.05) is 31.2 Å². The van der Waals surface area contributed by atoms with Crippen molar-refractivity contribution in [3.63, 3.8) is 0 Å². The van der Waals surface area contributed by atoms with E-state index in [1.165, 1.54) is 11.1 Å². The largest absolute Gasteiger partial charge is 0.352 e. The molecule has 0 saturated heterocycles. The standard InChI is InChI=1S/C14H20N2O/c1-2-13(15)14(17)16-12-8-7-10-5-3-4-6-11(10)9-12/h3-6,12-13H,2,7-9,15H2,1H3,(H,16,17)/t12?,13-/m0/s1. The highest BCUT2D eigenvalue weighted by molar-refractivity contribution is 5.81. The molecule has 17 heavy (non-hydrogen) atoms. The monoisotopic (exact) mass is 232 g/mol. The number of nitrogens with two attached hydrogens (primary N) is 1. The maximum absolute atomic E-state index is 11.7. The van der Waals surface area contributed by atoms with Gasteiger partial charge in [0.25, 0.3) is 0 Å². The number of aryl methyl sites for hydroxylation is 1. The molecule has 0 aliphatic heterocycles. The fraction of sp³-hybridized carbons (Fsp3) is 0.500. The summed E-state index contributed by atoms with van der Waals surface area (Å²) in [6, 6.07) is 8.33. The summed E-state index contributed by atoms with van der Waals surface area (Å²) in [5.74, 6) is -0.0168. The van der Waals surface area contributed by atoms with Gasteiger partial charge in [0.1, 0.15) is 0 Å². The molecule has 0 spiro atoms. The molecule has 92 valence electrons. The van der Waals surface area contributed by atoms with Crippen molar-refractivity contribution in [1.82, 2.24) is 5.32 Å². The number of benzene rings is 1. The van der Waals surface area contributed by atoms with Crippen LogP contribution >= 0.6 is 0 Å². The van der Waals surface area contributed by atoms with Crippen LogP contribution in [0.3, 0.4) is 0 Å². The summed E-state index contributed by atoms with van der Waals surface area (Å²) in [5.41, 5.74) is 8.49. The molecule has 0 aromatic heterocycles. The van der Waals surface area contributed by atoms with E-state index in [2.05, 4.69) is 29.6 Å². The van der Waals surface area contributed by atoms with Gasteiger partial charge in [0, 0.05) is 6.04 Å². The number of amides is 1. The van der Waals surface area contributed by atoms with E-state index in [4.69, 9.17) is 5.73 Å². The Morgan fingerprint density at radius 3 is 2.88 bits per heavy atom. The minimum atomic E-state index is -0.368. The predicted octanol–water partition coefficient (Wildman–Crippen LogP) is 1.40. The van der Waals surface area contributed by atoms with Gasteiger partial charge in [-0.2, -0.15) is 0 Å². The zero-order valence-corrected chi connectivity index (χ0v) is 10.3. The average Bonchev–Trinajstić information content (AvgIpc) is 2.37. The van der Waals surface area contributed by atoms with E-state index in [9.17, 15) is 4.79 Å². The minimum absolute atomic E-state index is 0.0168. The van der Waals surface area contributed by atoms with Crippen molar-refractivity contribution >= 4 is 5.91 Å². The number of carbonyl (C=O) groups excluding carboxylic acids is 1. The molecule has 2 atom stereocenters. The third-order valence-corrected chi connectivity index (χ3v) is 3.47. The predicted molar refractivity (Wildman–Crippen MR) is 68.7 cm³/mol. The third-order valence-electron chi connectivity index (χ3n) is 3.47. The van der Waals surface area contributed by atoms with Gasteiger partial charge in [-0.25, -0.2) is 0 Å². The van der Waals surface area contributed by atoms with Gasteiger partial charge < -0.3 is 11.1 Å². The fourth-order valence-electron chi connectivity index (χ4n) is 2.31. The number of fused-ring (bicyclic) bond motifs is 1. The first-order chi connectivity index (χ1) is 8.20. The van der Waals surface area contributed by atoms with Gasteiger partial charge in [-0.3, -0.25) is 4.79 Å². The van der Waals surface area contributed by atoms with E-state index in [0.29, 0.717) is 6.42 Å². The van der Waals surface area contributed by atoms with Crippen molar-refractivity contribution in [1.29, 1.82) is 0 Å². The number of rotatable bonds is 3. The van der Waals surface area contributed by atoms with E-state index in [1.807, 2.05) is 6.92 Å². The van der Waals surface area contributed by atoms with Gasteiger partial charge in [-0.05, 0) is 36.8 Å². The van der Waals surface area contributed by atoms with E-state index in [-0.39, 0.29) is 18.0 Å². The summed E-state index contributed by atoms with van der Waals surface area (Å²) in [6.07, 6.45) is 3.68. The smallest absolute Gasteiger partial charge is 0.237 e. The Morgan fingerprint density at radius 1 is 1.47 bits per heavy atom. The molecule has 1 aromatic carbocycles. The van der Waals surface area contributed by atoms with Crippen LogP contribution in [-0.2, 0) is 17.6 Å². The average molecular weight is 232 g/mol. The van der Waals surface area contributed by atoms with Gasteiger partial charge in [-0.15, -0.1) is 0 Å². The van der Waals surface area contributed by atoms with Crippen molar-refractivity contribution < 1.29 is 4.79 Å². The van der Waals surface area contributed by atoms with Crippen LogP contribution < -0.4 is 11.1 Å². The third kappa shape index (κ3) is 2.86. The molecule has 0 fully saturated rings. The van der Waals surface area contributed by atoms with Crippen molar-refractivity contribution in [3.05, 3.63) is 35.4 Å². The molecule has 3 N–H and O–H groups in total. The van der Waals surface area contributed by atoms with Crippen LogP contribution in [0, 0.1) is 0 Å². The molecule has 2 rings (SSSR count). The summed E-state index contributed by atoms with van der Waals surface area (Å²) < 4.78 is 0. The number of carbonyl (C=O) groups is 1. The Hall–Kier alpha value is -1.35.